The van der Waals surface area contributed by atoms with Gasteiger partial charge in [-0.2, -0.15) is 0 Å². The SMILES string of the molecule is COc1cc([N+](=O)[O-])ccc1NC(=O)CNc1ccccc1Cl. The monoisotopic (exact) mass is 335 g/mol. The number of para-hydroxylation sites is 1. The first kappa shape index (κ1) is 16.6. The van der Waals surface area contributed by atoms with Crippen molar-refractivity contribution in [3.8, 4) is 5.75 Å². The zero-order valence-electron chi connectivity index (χ0n) is 12.2. The smallest absolute Gasteiger partial charge is 0.273 e. The Hall–Kier alpha value is -2.80. The molecule has 1 amide bonds. The number of non-ortho nitro benzene ring substituents is 1. The lowest BCUT2D eigenvalue weighted by atomic mass is 10.2. The molecule has 0 atom stereocenters. The Balaban J connectivity index is 2.03. The van der Waals surface area contributed by atoms with Crippen LogP contribution in [0.1, 0.15) is 0 Å². The third-order valence-corrected chi connectivity index (χ3v) is 3.31. The van der Waals surface area contributed by atoms with E-state index in [-0.39, 0.29) is 23.9 Å². The zero-order valence-corrected chi connectivity index (χ0v) is 13.0. The van der Waals surface area contributed by atoms with Crippen LogP contribution in [0.15, 0.2) is 42.5 Å². The Morgan fingerprint density at radius 3 is 2.65 bits per heavy atom. The summed E-state index contributed by atoms with van der Waals surface area (Å²) in [6, 6.07) is 11.0. The number of carbonyl (C=O) groups is 1. The molecule has 0 radical (unpaired) electrons. The molecule has 2 N–H and O–H groups in total. The van der Waals surface area contributed by atoms with E-state index in [0.717, 1.165) is 0 Å². The number of nitro groups is 1. The minimum atomic E-state index is -0.535. The van der Waals surface area contributed by atoms with Crippen molar-refractivity contribution < 1.29 is 14.5 Å². The first-order valence-electron chi connectivity index (χ1n) is 6.62. The van der Waals surface area contributed by atoms with Crippen molar-refractivity contribution in [3.05, 3.63) is 57.6 Å². The largest absolute Gasteiger partial charge is 0.494 e. The first-order chi connectivity index (χ1) is 11.0. The summed E-state index contributed by atoms with van der Waals surface area (Å²) < 4.78 is 5.06. The highest BCUT2D eigenvalue weighted by Gasteiger charge is 2.13. The van der Waals surface area contributed by atoms with Crippen LogP contribution in [0, 0.1) is 10.1 Å². The van der Waals surface area contributed by atoms with Gasteiger partial charge in [0.05, 0.1) is 41.0 Å². The van der Waals surface area contributed by atoms with Gasteiger partial charge in [0, 0.05) is 6.07 Å². The standard InChI is InChI=1S/C15H14ClN3O4/c1-23-14-8-10(19(21)22)6-7-13(14)18-15(20)9-17-12-5-3-2-4-11(12)16/h2-8,17H,9H2,1H3,(H,18,20). The van der Waals surface area contributed by atoms with Crippen molar-refractivity contribution in [1.29, 1.82) is 0 Å². The van der Waals surface area contributed by atoms with Crippen LogP contribution in [0.2, 0.25) is 5.02 Å². The van der Waals surface area contributed by atoms with Crippen molar-refractivity contribution in [2.75, 3.05) is 24.3 Å². The molecule has 0 fully saturated rings. The number of ether oxygens (including phenoxy) is 1. The highest BCUT2D eigenvalue weighted by Crippen LogP contribution is 2.29. The number of methoxy groups -OCH3 is 1. The molecule has 0 saturated carbocycles. The van der Waals surface area contributed by atoms with Gasteiger partial charge in [-0.3, -0.25) is 14.9 Å². The van der Waals surface area contributed by atoms with Crippen LogP contribution >= 0.6 is 11.6 Å². The average molecular weight is 336 g/mol. The zero-order chi connectivity index (χ0) is 16.8. The van der Waals surface area contributed by atoms with Crippen molar-refractivity contribution >= 4 is 34.6 Å². The summed E-state index contributed by atoms with van der Waals surface area (Å²) in [6.45, 7) is -0.0100. The summed E-state index contributed by atoms with van der Waals surface area (Å²) in [4.78, 5) is 22.2. The molecule has 0 unspecified atom stereocenters. The van der Waals surface area contributed by atoms with Crippen molar-refractivity contribution in [2.24, 2.45) is 0 Å². The summed E-state index contributed by atoms with van der Waals surface area (Å²) in [6.07, 6.45) is 0. The molecule has 7 nitrogen and oxygen atoms in total. The first-order valence-corrected chi connectivity index (χ1v) is 6.99. The third kappa shape index (κ3) is 4.33. The highest BCUT2D eigenvalue weighted by molar-refractivity contribution is 6.33. The maximum atomic E-state index is 12.0. The van der Waals surface area contributed by atoms with E-state index in [0.29, 0.717) is 16.4 Å². The molecule has 2 aromatic rings. The number of nitrogens with one attached hydrogen (secondary N) is 2. The van der Waals surface area contributed by atoms with Crippen LogP contribution in [0.25, 0.3) is 0 Å². The van der Waals surface area contributed by atoms with Crippen LogP contribution < -0.4 is 15.4 Å². The Kier molecular flexibility index (Phi) is 5.37. The molecule has 0 bridgehead atoms. The number of anilines is 2. The molecule has 8 heteroatoms. The number of hydrogen-bond acceptors (Lipinski definition) is 5. The molecule has 0 aliphatic heterocycles. The second-order valence-corrected chi connectivity index (χ2v) is 4.93. The Bertz CT molecular complexity index is 736. The summed E-state index contributed by atoms with van der Waals surface area (Å²) in [5.74, 6) is -0.123. The van der Waals surface area contributed by atoms with Crippen molar-refractivity contribution in [2.45, 2.75) is 0 Å². The maximum absolute atomic E-state index is 12.0. The van der Waals surface area contributed by atoms with Gasteiger partial charge in [-0.15, -0.1) is 0 Å². The fraction of sp³-hybridized carbons (Fsp3) is 0.133. The second kappa shape index (κ2) is 7.46. The molecule has 0 spiro atoms. The lowest BCUT2D eigenvalue weighted by Gasteiger charge is -2.11. The van der Waals surface area contributed by atoms with E-state index in [9.17, 15) is 14.9 Å². The van der Waals surface area contributed by atoms with E-state index < -0.39 is 4.92 Å². The van der Waals surface area contributed by atoms with Gasteiger partial charge >= 0.3 is 0 Å². The average Bonchev–Trinajstić information content (AvgIpc) is 2.54. The fourth-order valence-electron chi connectivity index (χ4n) is 1.87. The molecule has 120 valence electrons. The summed E-state index contributed by atoms with van der Waals surface area (Å²) >= 11 is 5.98. The van der Waals surface area contributed by atoms with Gasteiger partial charge < -0.3 is 15.4 Å². The molecule has 23 heavy (non-hydrogen) atoms. The quantitative estimate of drug-likeness (QED) is 0.624. The van der Waals surface area contributed by atoms with Gasteiger partial charge in [0.1, 0.15) is 5.75 Å². The minimum Gasteiger partial charge on any atom is -0.494 e. The molecule has 0 saturated heterocycles. The van der Waals surface area contributed by atoms with Crippen LogP contribution in [0.5, 0.6) is 5.75 Å². The van der Waals surface area contributed by atoms with E-state index in [4.69, 9.17) is 16.3 Å². The molecule has 0 aromatic heterocycles. The molecule has 2 aromatic carbocycles. The number of rotatable bonds is 6. The number of halogens is 1. The number of carbonyl (C=O) groups excluding carboxylic acids is 1. The Labute approximate surface area is 137 Å². The molecular formula is C15H14ClN3O4. The van der Waals surface area contributed by atoms with Crippen LogP contribution in [-0.2, 0) is 4.79 Å². The molecule has 2 rings (SSSR count). The van der Waals surface area contributed by atoms with Gasteiger partial charge in [0.25, 0.3) is 5.69 Å². The van der Waals surface area contributed by atoms with E-state index in [2.05, 4.69) is 10.6 Å². The van der Waals surface area contributed by atoms with E-state index >= 15 is 0 Å². The molecule has 0 aliphatic rings. The lowest BCUT2D eigenvalue weighted by molar-refractivity contribution is -0.384. The normalized spacial score (nSPS) is 10.0. The van der Waals surface area contributed by atoms with Gasteiger partial charge in [0.15, 0.2) is 0 Å². The van der Waals surface area contributed by atoms with Crippen LogP contribution in [0.3, 0.4) is 0 Å². The van der Waals surface area contributed by atoms with Gasteiger partial charge in [-0.1, -0.05) is 23.7 Å². The predicted octanol–water partition coefficient (Wildman–Crippen LogP) is 3.31. The lowest BCUT2D eigenvalue weighted by Crippen LogP contribution is -2.22. The number of nitro benzene ring substituents is 1. The van der Waals surface area contributed by atoms with Crippen LogP contribution in [-0.4, -0.2) is 24.5 Å². The highest BCUT2D eigenvalue weighted by atomic mass is 35.5. The van der Waals surface area contributed by atoms with E-state index in [1.54, 1.807) is 24.3 Å². The van der Waals surface area contributed by atoms with E-state index in [1.165, 1.54) is 25.3 Å². The van der Waals surface area contributed by atoms with Crippen molar-refractivity contribution in [1.82, 2.24) is 0 Å². The minimum absolute atomic E-state index is 0.0100. The van der Waals surface area contributed by atoms with Gasteiger partial charge in [-0.05, 0) is 18.2 Å². The summed E-state index contributed by atoms with van der Waals surface area (Å²) in [5, 5.41) is 16.8. The number of hydrogen-bond donors (Lipinski definition) is 2. The van der Waals surface area contributed by atoms with Crippen molar-refractivity contribution in [3.63, 3.8) is 0 Å². The number of amides is 1. The summed E-state index contributed by atoms with van der Waals surface area (Å²) in [5.41, 5.74) is 0.873. The molecule has 0 aliphatic carbocycles. The van der Waals surface area contributed by atoms with Gasteiger partial charge in [0.2, 0.25) is 5.91 Å². The fourth-order valence-corrected chi connectivity index (χ4v) is 2.07. The topological polar surface area (TPSA) is 93.5 Å². The van der Waals surface area contributed by atoms with Crippen LogP contribution in [0.4, 0.5) is 17.1 Å². The summed E-state index contributed by atoms with van der Waals surface area (Å²) in [7, 11) is 1.37. The molecule has 0 heterocycles. The third-order valence-electron chi connectivity index (χ3n) is 2.98. The van der Waals surface area contributed by atoms with Gasteiger partial charge in [-0.25, -0.2) is 0 Å². The Morgan fingerprint density at radius 1 is 1.26 bits per heavy atom. The number of benzene rings is 2. The Morgan fingerprint density at radius 2 is 2.00 bits per heavy atom. The molecular weight excluding hydrogens is 322 g/mol. The number of nitrogens with zero attached hydrogens (tertiary/aromatic N) is 1. The van der Waals surface area contributed by atoms with E-state index in [1.807, 2.05) is 0 Å². The predicted molar refractivity (Wildman–Crippen MR) is 88.2 cm³/mol. The second-order valence-electron chi connectivity index (χ2n) is 4.52. The maximum Gasteiger partial charge on any atom is 0.273 e.